The van der Waals surface area contributed by atoms with E-state index in [0.29, 0.717) is 23.6 Å². The highest BCUT2D eigenvalue weighted by molar-refractivity contribution is 5.94. The molecule has 1 fully saturated rings. The summed E-state index contributed by atoms with van der Waals surface area (Å²) >= 11 is 0. The lowest BCUT2D eigenvalue weighted by Crippen LogP contribution is -2.41. The van der Waals surface area contributed by atoms with E-state index in [4.69, 9.17) is 5.73 Å². The molecule has 1 saturated carbocycles. The quantitative estimate of drug-likeness (QED) is 0.910. The Labute approximate surface area is 113 Å². The fraction of sp³-hybridized carbons (Fsp3) is 0.533. The minimum Gasteiger partial charge on any atom is -0.338 e. The highest BCUT2D eigenvalue weighted by atomic mass is 19.1. The molecular weight excluding hydrogens is 243 g/mol. The first kappa shape index (κ1) is 14.0. The zero-order valence-corrected chi connectivity index (χ0v) is 11.5. The Balaban J connectivity index is 2.16. The van der Waals surface area contributed by atoms with E-state index in [1.165, 1.54) is 6.07 Å². The number of halogens is 1. The van der Waals surface area contributed by atoms with E-state index in [9.17, 15) is 9.18 Å². The summed E-state index contributed by atoms with van der Waals surface area (Å²) < 4.78 is 13.5. The third-order valence-electron chi connectivity index (χ3n) is 4.16. The van der Waals surface area contributed by atoms with Gasteiger partial charge < -0.3 is 10.6 Å². The van der Waals surface area contributed by atoms with Gasteiger partial charge in [-0.05, 0) is 49.9 Å². The van der Waals surface area contributed by atoms with Crippen LogP contribution in [0.5, 0.6) is 0 Å². The van der Waals surface area contributed by atoms with Crippen LogP contribution in [0.1, 0.15) is 35.2 Å². The summed E-state index contributed by atoms with van der Waals surface area (Å²) in [4.78, 5) is 14.1. The van der Waals surface area contributed by atoms with Crippen molar-refractivity contribution in [3.63, 3.8) is 0 Å². The van der Waals surface area contributed by atoms with E-state index in [-0.39, 0.29) is 17.8 Å². The largest absolute Gasteiger partial charge is 0.338 e. The first-order valence-electron chi connectivity index (χ1n) is 6.78. The predicted octanol–water partition coefficient (Wildman–Crippen LogP) is 2.33. The van der Waals surface area contributed by atoms with Crippen molar-refractivity contribution in [3.05, 3.63) is 35.1 Å². The van der Waals surface area contributed by atoms with Crippen molar-refractivity contribution in [3.8, 4) is 0 Å². The molecule has 1 aromatic rings. The highest BCUT2D eigenvalue weighted by Gasteiger charge is 2.32. The second-order valence-corrected chi connectivity index (χ2v) is 5.37. The van der Waals surface area contributed by atoms with Crippen molar-refractivity contribution in [2.75, 3.05) is 13.6 Å². The smallest absolute Gasteiger partial charge is 0.253 e. The van der Waals surface area contributed by atoms with Gasteiger partial charge in [0.05, 0.1) is 0 Å². The van der Waals surface area contributed by atoms with Crippen LogP contribution in [-0.2, 0) is 0 Å². The number of carbonyl (C=O) groups is 1. The molecule has 0 bridgehead atoms. The van der Waals surface area contributed by atoms with Crippen molar-refractivity contribution in [1.82, 2.24) is 4.90 Å². The van der Waals surface area contributed by atoms with E-state index in [1.807, 2.05) is 0 Å². The number of hydrogen-bond acceptors (Lipinski definition) is 2. The maximum Gasteiger partial charge on any atom is 0.253 e. The maximum atomic E-state index is 13.5. The second kappa shape index (κ2) is 5.70. The molecule has 2 N–H and O–H groups in total. The molecule has 2 atom stereocenters. The van der Waals surface area contributed by atoms with E-state index in [0.717, 1.165) is 19.3 Å². The van der Waals surface area contributed by atoms with Crippen LogP contribution < -0.4 is 5.73 Å². The fourth-order valence-corrected chi connectivity index (χ4v) is 2.88. The standard InChI is InChI=1S/C15H21FN2O/c1-10-6-7-11(8-13(10)16)15(19)18(2)14-5-3-4-12(14)9-17/h6-8,12,14H,3-5,9,17H2,1-2H3. The lowest BCUT2D eigenvalue weighted by atomic mass is 10.0. The number of aryl methyl sites for hydroxylation is 1. The van der Waals surface area contributed by atoms with Gasteiger partial charge >= 0.3 is 0 Å². The van der Waals surface area contributed by atoms with Crippen molar-refractivity contribution in [1.29, 1.82) is 0 Å². The molecule has 0 heterocycles. The number of benzene rings is 1. The zero-order valence-electron chi connectivity index (χ0n) is 11.5. The normalized spacial score (nSPS) is 22.5. The highest BCUT2D eigenvalue weighted by Crippen LogP contribution is 2.29. The molecule has 1 aliphatic rings. The summed E-state index contributed by atoms with van der Waals surface area (Å²) in [7, 11) is 1.79. The molecule has 0 spiro atoms. The SMILES string of the molecule is Cc1ccc(C(=O)N(C)C2CCCC2CN)cc1F. The Bertz CT molecular complexity index is 475. The van der Waals surface area contributed by atoms with E-state index >= 15 is 0 Å². The van der Waals surface area contributed by atoms with Crippen molar-refractivity contribution >= 4 is 5.91 Å². The molecule has 0 aromatic heterocycles. The predicted molar refractivity (Wildman–Crippen MR) is 73.4 cm³/mol. The van der Waals surface area contributed by atoms with Gasteiger partial charge in [0, 0.05) is 18.7 Å². The van der Waals surface area contributed by atoms with Crippen LogP contribution in [0.4, 0.5) is 4.39 Å². The Morgan fingerprint density at radius 3 is 2.84 bits per heavy atom. The van der Waals surface area contributed by atoms with Crippen molar-refractivity contribution < 1.29 is 9.18 Å². The molecule has 1 amide bonds. The molecule has 1 aliphatic carbocycles. The van der Waals surface area contributed by atoms with E-state index in [1.54, 1.807) is 31.0 Å². The summed E-state index contributed by atoms with van der Waals surface area (Å²) in [6.45, 7) is 2.29. The Kier molecular flexibility index (Phi) is 4.20. The van der Waals surface area contributed by atoms with Gasteiger partial charge in [-0.15, -0.1) is 0 Å². The number of carbonyl (C=O) groups excluding carboxylic acids is 1. The Hall–Kier alpha value is -1.42. The number of amides is 1. The molecule has 0 saturated heterocycles. The summed E-state index contributed by atoms with van der Waals surface area (Å²) in [5.41, 5.74) is 6.71. The Morgan fingerprint density at radius 2 is 2.21 bits per heavy atom. The molecular formula is C15H21FN2O. The third kappa shape index (κ3) is 2.78. The molecule has 4 heteroatoms. The summed E-state index contributed by atoms with van der Waals surface area (Å²) in [5.74, 6) is -0.0884. The lowest BCUT2D eigenvalue weighted by molar-refractivity contribution is 0.0699. The van der Waals surface area contributed by atoms with Crippen molar-refractivity contribution in [2.24, 2.45) is 11.7 Å². The maximum absolute atomic E-state index is 13.5. The number of rotatable bonds is 3. The molecule has 0 radical (unpaired) electrons. The number of hydrogen-bond donors (Lipinski definition) is 1. The average molecular weight is 264 g/mol. The van der Waals surface area contributed by atoms with Gasteiger partial charge in [-0.2, -0.15) is 0 Å². The monoisotopic (exact) mass is 264 g/mol. The second-order valence-electron chi connectivity index (χ2n) is 5.37. The molecule has 104 valence electrons. The lowest BCUT2D eigenvalue weighted by Gasteiger charge is -2.29. The van der Waals surface area contributed by atoms with E-state index < -0.39 is 0 Å². The van der Waals surface area contributed by atoms with Crippen LogP contribution >= 0.6 is 0 Å². The van der Waals surface area contributed by atoms with Gasteiger partial charge in [-0.1, -0.05) is 12.5 Å². The minimum absolute atomic E-state index is 0.121. The molecule has 0 aliphatic heterocycles. The summed E-state index contributed by atoms with van der Waals surface area (Å²) in [6.07, 6.45) is 3.16. The van der Waals surface area contributed by atoms with Crippen LogP contribution in [0, 0.1) is 18.7 Å². The van der Waals surface area contributed by atoms with Gasteiger partial charge in [0.1, 0.15) is 5.82 Å². The van der Waals surface area contributed by atoms with Gasteiger partial charge in [0.2, 0.25) is 0 Å². The first-order chi connectivity index (χ1) is 9.04. The van der Waals surface area contributed by atoms with E-state index in [2.05, 4.69) is 0 Å². The molecule has 2 rings (SSSR count). The summed E-state index contributed by atoms with van der Waals surface area (Å²) in [6, 6.07) is 4.83. The topological polar surface area (TPSA) is 46.3 Å². The number of nitrogens with two attached hydrogens (primary N) is 1. The minimum atomic E-state index is -0.332. The first-order valence-corrected chi connectivity index (χ1v) is 6.78. The molecule has 2 unspecified atom stereocenters. The van der Waals surface area contributed by atoms with Gasteiger partial charge in [-0.3, -0.25) is 4.79 Å². The zero-order chi connectivity index (χ0) is 14.0. The molecule has 19 heavy (non-hydrogen) atoms. The summed E-state index contributed by atoms with van der Waals surface area (Å²) in [5, 5.41) is 0. The fourth-order valence-electron chi connectivity index (χ4n) is 2.88. The number of nitrogens with zero attached hydrogens (tertiary/aromatic N) is 1. The van der Waals surface area contributed by atoms with Crippen LogP contribution in [-0.4, -0.2) is 30.4 Å². The van der Waals surface area contributed by atoms with Gasteiger partial charge in [0.15, 0.2) is 0 Å². The Morgan fingerprint density at radius 1 is 1.47 bits per heavy atom. The van der Waals surface area contributed by atoms with Crippen molar-refractivity contribution in [2.45, 2.75) is 32.2 Å². The van der Waals surface area contributed by atoms with Gasteiger partial charge in [0.25, 0.3) is 5.91 Å². The van der Waals surface area contributed by atoms with Crippen LogP contribution in [0.25, 0.3) is 0 Å². The van der Waals surface area contributed by atoms with Gasteiger partial charge in [-0.25, -0.2) is 4.39 Å². The average Bonchev–Trinajstić information content (AvgIpc) is 2.88. The van der Waals surface area contributed by atoms with Crippen LogP contribution in [0.3, 0.4) is 0 Å². The van der Waals surface area contributed by atoms with Crippen LogP contribution in [0.2, 0.25) is 0 Å². The third-order valence-corrected chi connectivity index (χ3v) is 4.16. The molecule has 1 aromatic carbocycles. The molecule has 3 nitrogen and oxygen atoms in total. The van der Waals surface area contributed by atoms with Crippen LogP contribution in [0.15, 0.2) is 18.2 Å².